The quantitative estimate of drug-likeness (QED) is 0.829. The molecule has 2 unspecified atom stereocenters. The van der Waals surface area contributed by atoms with Gasteiger partial charge in [0.05, 0.1) is 17.2 Å². The lowest BCUT2D eigenvalue weighted by Gasteiger charge is -2.30. The molecule has 1 fully saturated rings. The Morgan fingerprint density at radius 1 is 1.63 bits per heavy atom. The van der Waals surface area contributed by atoms with Crippen LogP contribution in [-0.4, -0.2) is 34.9 Å². The summed E-state index contributed by atoms with van der Waals surface area (Å²) in [7, 11) is 0. The fourth-order valence-electron chi connectivity index (χ4n) is 2.55. The second-order valence-corrected chi connectivity index (χ2v) is 6.15. The average Bonchev–Trinajstić information content (AvgIpc) is 2.81. The van der Waals surface area contributed by atoms with E-state index in [4.69, 9.17) is 0 Å². The van der Waals surface area contributed by atoms with Crippen LogP contribution in [0.3, 0.4) is 0 Å². The highest BCUT2D eigenvalue weighted by Crippen LogP contribution is 2.37. The topological polar surface area (TPSA) is 62.2 Å². The van der Waals surface area contributed by atoms with Crippen molar-refractivity contribution in [1.29, 1.82) is 0 Å². The van der Waals surface area contributed by atoms with Gasteiger partial charge in [0.2, 0.25) is 0 Å². The molecule has 2 rings (SSSR count). The number of amides is 1. The number of rotatable bonds is 4. The molecule has 0 aliphatic heterocycles. The van der Waals surface area contributed by atoms with Gasteiger partial charge in [-0.1, -0.05) is 13.3 Å². The molecule has 1 heterocycles. The first kappa shape index (κ1) is 14.3. The number of aromatic nitrogens is 1. The summed E-state index contributed by atoms with van der Waals surface area (Å²) in [5.74, 6) is -0.105. The number of nitrogens with zero attached hydrogens (tertiary/aromatic N) is 1. The normalized spacial score (nSPS) is 26.4. The van der Waals surface area contributed by atoms with Crippen LogP contribution in [0.2, 0.25) is 0 Å². The maximum Gasteiger partial charge on any atom is 0.253 e. The maximum absolute atomic E-state index is 12.2. The first-order valence-corrected chi connectivity index (χ1v) is 7.73. The summed E-state index contributed by atoms with van der Waals surface area (Å²) in [6.07, 6.45) is 6.49. The van der Waals surface area contributed by atoms with E-state index in [-0.39, 0.29) is 24.0 Å². The number of carbonyl (C=O) groups is 1. The van der Waals surface area contributed by atoms with Gasteiger partial charge in [0, 0.05) is 17.7 Å². The molecule has 1 aliphatic carbocycles. The number of aliphatic hydroxyl groups is 1. The molecule has 19 heavy (non-hydrogen) atoms. The molecule has 1 saturated carbocycles. The minimum atomic E-state index is -0.192. The fraction of sp³-hybridized carbons (Fsp3) is 0.571. The lowest BCUT2D eigenvalue weighted by Crippen LogP contribution is -2.44. The second-order valence-electron chi connectivity index (χ2n) is 5.32. The van der Waals surface area contributed by atoms with Crippen LogP contribution in [-0.2, 0) is 0 Å². The molecule has 0 radical (unpaired) electrons. The molecule has 104 valence electrons. The van der Waals surface area contributed by atoms with Crippen molar-refractivity contribution in [3.63, 3.8) is 0 Å². The van der Waals surface area contributed by atoms with E-state index in [2.05, 4.69) is 10.3 Å². The molecule has 0 aromatic carbocycles. The number of pyridine rings is 1. The van der Waals surface area contributed by atoms with Crippen molar-refractivity contribution in [2.75, 3.05) is 12.9 Å². The Bertz CT molecular complexity index is 449. The summed E-state index contributed by atoms with van der Waals surface area (Å²) in [6.45, 7) is 2.14. The van der Waals surface area contributed by atoms with E-state index in [1.807, 2.05) is 19.2 Å². The molecule has 1 aromatic rings. The first-order chi connectivity index (χ1) is 9.09. The third kappa shape index (κ3) is 3.09. The van der Waals surface area contributed by atoms with Crippen molar-refractivity contribution < 1.29 is 9.90 Å². The van der Waals surface area contributed by atoms with Gasteiger partial charge in [-0.25, -0.2) is 4.98 Å². The molecule has 5 heteroatoms. The van der Waals surface area contributed by atoms with E-state index in [0.29, 0.717) is 5.56 Å². The Balaban J connectivity index is 2.04. The SMILES string of the molecule is CSc1ccc(C(=O)NC2CCCC2(C)CO)cn1. The molecule has 0 saturated heterocycles. The van der Waals surface area contributed by atoms with Crippen molar-refractivity contribution in [3.05, 3.63) is 23.9 Å². The lowest BCUT2D eigenvalue weighted by atomic mass is 9.85. The summed E-state index contributed by atoms with van der Waals surface area (Å²) in [5, 5.41) is 13.4. The average molecular weight is 280 g/mol. The molecular formula is C14H20N2O2S. The van der Waals surface area contributed by atoms with Crippen LogP contribution in [0.4, 0.5) is 0 Å². The number of aliphatic hydroxyl groups excluding tert-OH is 1. The number of carbonyl (C=O) groups excluding carboxylic acids is 1. The van der Waals surface area contributed by atoms with Crippen molar-refractivity contribution >= 4 is 17.7 Å². The molecule has 4 nitrogen and oxygen atoms in total. The fourth-order valence-corrected chi connectivity index (χ4v) is 2.91. The zero-order valence-electron chi connectivity index (χ0n) is 11.3. The van der Waals surface area contributed by atoms with Gasteiger partial charge in [-0.15, -0.1) is 11.8 Å². The third-order valence-electron chi connectivity index (χ3n) is 3.96. The van der Waals surface area contributed by atoms with E-state index >= 15 is 0 Å². The van der Waals surface area contributed by atoms with Crippen LogP contribution >= 0.6 is 11.8 Å². The number of thioether (sulfide) groups is 1. The molecule has 2 atom stereocenters. The van der Waals surface area contributed by atoms with Crippen molar-refractivity contribution in [3.8, 4) is 0 Å². The van der Waals surface area contributed by atoms with E-state index in [1.165, 1.54) is 0 Å². The van der Waals surface area contributed by atoms with Crippen LogP contribution in [0.5, 0.6) is 0 Å². The highest BCUT2D eigenvalue weighted by Gasteiger charge is 2.39. The number of nitrogens with one attached hydrogen (secondary N) is 1. The molecule has 2 N–H and O–H groups in total. The monoisotopic (exact) mass is 280 g/mol. The van der Waals surface area contributed by atoms with E-state index in [9.17, 15) is 9.90 Å². The molecule has 0 bridgehead atoms. The second kappa shape index (κ2) is 5.92. The van der Waals surface area contributed by atoms with Crippen molar-refractivity contribution in [2.45, 2.75) is 37.3 Å². The largest absolute Gasteiger partial charge is 0.396 e. The highest BCUT2D eigenvalue weighted by atomic mass is 32.2. The maximum atomic E-state index is 12.2. The summed E-state index contributed by atoms with van der Waals surface area (Å²) < 4.78 is 0. The number of hydrogen-bond donors (Lipinski definition) is 2. The Kier molecular flexibility index (Phi) is 4.47. The zero-order chi connectivity index (χ0) is 13.9. The van der Waals surface area contributed by atoms with Crippen LogP contribution in [0.15, 0.2) is 23.4 Å². The van der Waals surface area contributed by atoms with Gasteiger partial charge in [-0.05, 0) is 31.2 Å². The van der Waals surface area contributed by atoms with Crippen LogP contribution in [0, 0.1) is 5.41 Å². The molecule has 1 amide bonds. The Hall–Kier alpha value is -1.07. The van der Waals surface area contributed by atoms with Gasteiger partial charge in [0.1, 0.15) is 0 Å². The minimum absolute atomic E-state index is 0.0465. The predicted octanol–water partition coefficient (Wildman–Crippen LogP) is 2.08. The summed E-state index contributed by atoms with van der Waals surface area (Å²) in [5.41, 5.74) is 0.382. The zero-order valence-corrected chi connectivity index (χ0v) is 12.2. The molecule has 0 spiro atoms. The van der Waals surface area contributed by atoms with Crippen LogP contribution < -0.4 is 5.32 Å². The van der Waals surface area contributed by atoms with E-state index in [1.54, 1.807) is 24.0 Å². The Labute approximate surface area is 118 Å². The van der Waals surface area contributed by atoms with Gasteiger partial charge in [0.15, 0.2) is 0 Å². The van der Waals surface area contributed by atoms with Crippen LogP contribution in [0.1, 0.15) is 36.5 Å². The standard InChI is InChI=1S/C14H20N2O2S/c1-14(9-17)7-3-4-11(14)16-13(18)10-5-6-12(19-2)15-8-10/h5-6,8,11,17H,3-4,7,9H2,1-2H3,(H,16,18). The molecular weight excluding hydrogens is 260 g/mol. The van der Waals surface area contributed by atoms with Gasteiger partial charge in [0.25, 0.3) is 5.91 Å². The lowest BCUT2D eigenvalue weighted by molar-refractivity contribution is 0.0830. The van der Waals surface area contributed by atoms with Crippen molar-refractivity contribution in [1.82, 2.24) is 10.3 Å². The first-order valence-electron chi connectivity index (χ1n) is 6.51. The van der Waals surface area contributed by atoms with Crippen LogP contribution in [0.25, 0.3) is 0 Å². The highest BCUT2D eigenvalue weighted by molar-refractivity contribution is 7.98. The summed E-state index contributed by atoms with van der Waals surface area (Å²) in [6, 6.07) is 3.68. The Morgan fingerprint density at radius 3 is 3.00 bits per heavy atom. The summed E-state index contributed by atoms with van der Waals surface area (Å²) in [4.78, 5) is 16.4. The van der Waals surface area contributed by atoms with Gasteiger partial charge < -0.3 is 10.4 Å². The molecule has 1 aliphatic rings. The third-order valence-corrected chi connectivity index (χ3v) is 4.62. The molecule has 1 aromatic heterocycles. The van der Waals surface area contributed by atoms with Gasteiger partial charge in [-0.3, -0.25) is 4.79 Å². The van der Waals surface area contributed by atoms with Gasteiger partial charge >= 0.3 is 0 Å². The van der Waals surface area contributed by atoms with Gasteiger partial charge in [-0.2, -0.15) is 0 Å². The van der Waals surface area contributed by atoms with E-state index < -0.39 is 0 Å². The van der Waals surface area contributed by atoms with Crippen molar-refractivity contribution in [2.24, 2.45) is 5.41 Å². The number of hydrogen-bond acceptors (Lipinski definition) is 4. The Morgan fingerprint density at radius 2 is 2.42 bits per heavy atom. The smallest absolute Gasteiger partial charge is 0.253 e. The van der Waals surface area contributed by atoms with E-state index in [0.717, 1.165) is 24.3 Å². The predicted molar refractivity (Wildman–Crippen MR) is 76.3 cm³/mol. The summed E-state index contributed by atoms with van der Waals surface area (Å²) >= 11 is 1.55. The minimum Gasteiger partial charge on any atom is -0.396 e.